The van der Waals surface area contributed by atoms with Gasteiger partial charge in [-0.05, 0) is 91.6 Å². The lowest BCUT2D eigenvalue weighted by molar-refractivity contribution is -0.145. The summed E-state index contributed by atoms with van der Waals surface area (Å²) >= 11 is 0. The van der Waals surface area contributed by atoms with Crippen LogP contribution >= 0.6 is 0 Å². The van der Waals surface area contributed by atoms with Gasteiger partial charge in [-0.1, -0.05) is 70.0 Å². The number of carbonyl (C=O) groups excluding carboxylic acids is 6. The van der Waals surface area contributed by atoms with E-state index >= 15 is 0 Å². The summed E-state index contributed by atoms with van der Waals surface area (Å²) in [7, 11) is 4.80. The van der Waals surface area contributed by atoms with Crippen molar-refractivity contribution in [1.29, 1.82) is 0 Å². The summed E-state index contributed by atoms with van der Waals surface area (Å²) in [6.45, 7) is 7.81. The Morgan fingerprint density at radius 3 is 2.14 bits per heavy atom. The Labute approximate surface area is 410 Å². The van der Waals surface area contributed by atoms with Gasteiger partial charge in [0.05, 0.1) is 19.3 Å². The van der Waals surface area contributed by atoms with E-state index in [0.29, 0.717) is 67.8 Å². The van der Waals surface area contributed by atoms with Crippen molar-refractivity contribution in [3.05, 3.63) is 90.1 Å². The van der Waals surface area contributed by atoms with Gasteiger partial charge in [-0.25, -0.2) is 0 Å². The van der Waals surface area contributed by atoms with Crippen LogP contribution in [0.4, 0.5) is 0 Å². The number of carbonyl (C=O) groups is 6. The fraction of sp³-hybridized carbons (Fsp3) is 0.472. The quantitative estimate of drug-likeness (QED) is 0.0491. The second-order valence-electron chi connectivity index (χ2n) is 18.9. The van der Waals surface area contributed by atoms with E-state index < -0.39 is 66.5 Å². The second kappa shape index (κ2) is 24.2. The Morgan fingerprint density at radius 2 is 1.49 bits per heavy atom. The van der Waals surface area contributed by atoms with Crippen molar-refractivity contribution in [2.75, 3.05) is 40.9 Å². The number of hydrogen-bond acceptors (Lipinski definition) is 9. The van der Waals surface area contributed by atoms with Gasteiger partial charge in [-0.15, -0.1) is 0 Å². The van der Waals surface area contributed by atoms with Gasteiger partial charge in [0.25, 0.3) is 0 Å². The number of amides is 6. The molecule has 1 saturated heterocycles. The van der Waals surface area contributed by atoms with Crippen molar-refractivity contribution < 1.29 is 38.6 Å². The normalized spacial score (nSPS) is 15.8. The van der Waals surface area contributed by atoms with Crippen LogP contribution in [0.15, 0.2) is 79.0 Å². The van der Waals surface area contributed by atoms with Crippen molar-refractivity contribution >= 4 is 57.2 Å². The number of ether oxygens (including phenoxy) is 1. The molecule has 3 heterocycles. The van der Waals surface area contributed by atoms with Gasteiger partial charge >= 0.3 is 0 Å². The number of fused-ring (bicyclic) bond motifs is 2. The molecule has 6 unspecified atom stereocenters. The largest absolute Gasteiger partial charge is 0.494 e. The van der Waals surface area contributed by atoms with Gasteiger partial charge in [0, 0.05) is 74.2 Å². The SMILES string of the molecule is CCCCC(C(=O)N(C)C)N(C)C(=O)C(Cc1c(-c2ccc(OCC)cc2)[nH]c2ccccc12)NC(=O)C(CO)NC(=O)C(Cc1c[nH]c2ccccc12)NC(=O)C1CCCN1C(=O)C(N)CC(C)C. The summed E-state index contributed by atoms with van der Waals surface area (Å²) in [5.74, 6) is -2.50. The Morgan fingerprint density at radius 1 is 0.829 bits per heavy atom. The first-order chi connectivity index (χ1) is 33.6. The van der Waals surface area contributed by atoms with Gasteiger partial charge in [-0.3, -0.25) is 28.8 Å². The van der Waals surface area contributed by atoms with E-state index in [1.54, 1.807) is 27.3 Å². The molecular weight excluding hydrogens is 891 g/mol. The van der Waals surface area contributed by atoms with Crippen molar-refractivity contribution in [2.24, 2.45) is 11.7 Å². The molecule has 17 nitrogen and oxygen atoms in total. The van der Waals surface area contributed by atoms with Gasteiger partial charge in [0.15, 0.2) is 0 Å². The van der Waals surface area contributed by atoms with Crippen molar-refractivity contribution in [3.8, 4) is 17.0 Å². The highest BCUT2D eigenvalue weighted by Crippen LogP contribution is 2.33. The number of unbranched alkanes of at least 4 members (excludes halogenated alkanes) is 1. The molecule has 1 aliphatic rings. The van der Waals surface area contributed by atoms with E-state index in [0.717, 1.165) is 33.8 Å². The zero-order valence-corrected chi connectivity index (χ0v) is 41.5. The molecule has 0 radical (unpaired) electrons. The minimum Gasteiger partial charge on any atom is -0.494 e. The van der Waals surface area contributed by atoms with Crippen LogP contribution in [-0.2, 0) is 41.6 Å². The molecule has 376 valence electrons. The highest BCUT2D eigenvalue weighted by Gasteiger charge is 2.39. The van der Waals surface area contributed by atoms with Crippen LogP contribution in [0.5, 0.6) is 5.75 Å². The number of likely N-dealkylation sites (tertiary alicyclic amines) is 1. The molecule has 6 atom stereocenters. The standard InChI is InChI=1S/C53H71N9O8/c1-8-10-20-46(53(69)60(5)6)61(7)52(68)43(29-38-37-17-12-14-19-41(37)56-47(38)33-22-24-35(25-23-33)70-9-2)58-49(65)44(31-63)59-48(64)42(28-34-30-55-40-18-13-11-16-36(34)40)57-50(66)45-21-15-26-62(45)51(67)39(54)27-32(3)4/h11-14,16-19,22-25,30,32,39,42-46,55-56,63H,8-10,15,20-21,26-29,31,54H2,1-7H3,(H,57,66)(H,58,65)(H,59,64). The third-order valence-electron chi connectivity index (χ3n) is 13.1. The smallest absolute Gasteiger partial charge is 0.245 e. The lowest BCUT2D eigenvalue weighted by atomic mass is 9.97. The highest BCUT2D eigenvalue weighted by atomic mass is 16.5. The number of H-pyrrole nitrogens is 2. The zero-order chi connectivity index (χ0) is 50.6. The number of aromatic nitrogens is 2. The molecular formula is C53H71N9O8. The van der Waals surface area contributed by atoms with Crippen LogP contribution in [0.3, 0.4) is 0 Å². The predicted molar refractivity (Wildman–Crippen MR) is 270 cm³/mol. The molecule has 17 heteroatoms. The summed E-state index contributed by atoms with van der Waals surface area (Å²) in [5.41, 5.74) is 10.8. The number of aliphatic hydroxyl groups excluding tert-OH is 1. The molecule has 0 aliphatic carbocycles. The third-order valence-corrected chi connectivity index (χ3v) is 13.1. The molecule has 2 aromatic heterocycles. The average Bonchev–Trinajstić information content (AvgIpc) is 4.10. The van der Waals surface area contributed by atoms with E-state index in [9.17, 15) is 33.9 Å². The summed E-state index contributed by atoms with van der Waals surface area (Å²) in [6.07, 6.45) is 4.92. The Bertz CT molecular complexity index is 2610. The monoisotopic (exact) mass is 962 g/mol. The van der Waals surface area contributed by atoms with Crippen LogP contribution in [0.1, 0.15) is 77.3 Å². The average molecular weight is 962 g/mol. The summed E-state index contributed by atoms with van der Waals surface area (Å²) < 4.78 is 5.70. The van der Waals surface area contributed by atoms with Crippen molar-refractivity contribution in [1.82, 2.24) is 40.6 Å². The minimum absolute atomic E-state index is 0.00523. The Hall–Kier alpha value is -6.72. The maximum Gasteiger partial charge on any atom is 0.245 e. The van der Waals surface area contributed by atoms with Gasteiger partial charge in [-0.2, -0.15) is 0 Å². The molecule has 0 bridgehead atoms. The molecule has 1 fully saturated rings. The van der Waals surface area contributed by atoms with E-state index in [4.69, 9.17) is 10.5 Å². The van der Waals surface area contributed by atoms with E-state index in [-0.39, 0.29) is 30.6 Å². The van der Waals surface area contributed by atoms with Crippen LogP contribution in [0, 0.1) is 5.92 Å². The van der Waals surface area contributed by atoms with Crippen molar-refractivity contribution in [2.45, 2.75) is 115 Å². The number of rotatable bonds is 23. The molecule has 0 saturated carbocycles. The topological polar surface area (TPSA) is 235 Å². The molecule has 3 aromatic carbocycles. The van der Waals surface area contributed by atoms with Gasteiger partial charge in [0.1, 0.15) is 36.0 Å². The van der Waals surface area contributed by atoms with Crippen LogP contribution < -0.4 is 26.4 Å². The Kier molecular flexibility index (Phi) is 18.2. The number of aromatic amines is 2. The molecule has 1 aliphatic heterocycles. The molecule has 0 spiro atoms. The second-order valence-corrected chi connectivity index (χ2v) is 18.9. The number of hydrogen-bond donors (Lipinski definition) is 7. The zero-order valence-electron chi connectivity index (χ0n) is 41.5. The lowest BCUT2D eigenvalue weighted by Gasteiger charge is -2.33. The number of likely N-dealkylation sites (N-methyl/N-ethyl adjacent to an activating group) is 2. The lowest BCUT2D eigenvalue weighted by Crippen LogP contribution is -2.60. The van der Waals surface area contributed by atoms with Crippen LogP contribution in [0.25, 0.3) is 33.1 Å². The molecule has 5 aromatic rings. The number of nitrogens with one attached hydrogen (secondary N) is 5. The fourth-order valence-corrected chi connectivity index (χ4v) is 9.39. The molecule has 6 amide bonds. The first-order valence-electron chi connectivity index (χ1n) is 24.5. The number of benzene rings is 3. The molecule has 6 rings (SSSR count). The van der Waals surface area contributed by atoms with E-state index in [1.807, 2.05) is 100 Å². The first kappa shape index (κ1) is 52.6. The summed E-state index contributed by atoms with van der Waals surface area (Å²) in [6, 6.07) is 16.0. The highest BCUT2D eigenvalue weighted by molar-refractivity contribution is 5.98. The molecule has 8 N–H and O–H groups in total. The van der Waals surface area contributed by atoms with E-state index in [2.05, 4.69) is 25.9 Å². The number of nitrogens with two attached hydrogens (primary N) is 1. The summed E-state index contributed by atoms with van der Waals surface area (Å²) in [4.78, 5) is 96.4. The van der Waals surface area contributed by atoms with Gasteiger partial charge in [0.2, 0.25) is 35.4 Å². The first-order valence-corrected chi connectivity index (χ1v) is 24.5. The summed E-state index contributed by atoms with van der Waals surface area (Å²) in [5, 5.41) is 20.9. The maximum absolute atomic E-state index is 15.0. The number of nitrogens with zero attached hydrogens (tertiary/aromatic N) is 3. The number of aliphatic hydroxyl groups is 1. The maximum atomic E-state index is 15.0. The predicted octanol–water partition coefficient (Wildman–Crippen LogP) is 4.42. The Balaban J connectivity index is 1.32. The van der Waals surface area contributed by atoms with Gasteiger partial charge < -0.3 is 56.2 Å². The van der Waals surface area contributed by atoms with Crippen molar-refractivity contribution in [3.63, 3.8) is 0 Å². The van der Waals surface area contributed by atoms with Crippen LogP contribution in [-0.4, -0.2) is 142 Å². The van der Waals surface area contributed by atoms with E-state index in [1.165, 1.54) is 14.7 Å². The molecule has 70 heavy (non-hydrogen) atoms. The number of para-hydroxylation sites is 2. The minimum atomic E-state index is -1.58. The fourth-order valence-electron chi connectivity index (χ4n) is 9.39. The van der Waals surface area contributed by atoms with Crippen LogP contribution in [0.2, 0.25) is 0 Å². The third kappa shape index (κ3) is 12.5.